The van der Waals surface area contributed by atoms with Crippen LogP contribution in [0.3, 0.4) is 0 Å². The number of aromatic nitrogens is 1. The van der Waals surface area contributed by atoms with Crippen LogP contribution in [-0.2, 0) is 16.6 Å². The normalized spacial score (nSPS) is 16.0. The number of piperazine rings is 1. The topological polar surface area (TPSA) is 77.6 Å². The fourth-order valence-corrected chi connectivity index (χ4v) is 4.36. The maximum atomic E-state index is 12.7. The summed E-state index contributed by atoms with van der Waals surface area (Å²) < 4.78 is 27.0. The molecule has 1 fully saturated rings. The van der Waals surface area contributed by atoms with Gasteiger partial charge in [0.15, 0.2) is 5.11 Å². The maximum absolute atomic E-state index is 12.7. The van der Waals surface area contributed by atoms with Crippen molar-refractivity contribution in [1.82, 2.24) is 19.5 Å². The standard InChI is InChI=1S/C18H23N5O2S2/c1-22-9-11-23(12-10-22)27(24,25)17-6-4-16(5-7-17)21-18(26)20-14-15-3-2-8-19-13-15/h2-8,13H,9-12,14H2,1H3,(H2,20,21,26). The summed E-state index contributed by atoms with van der Waals surface area (Å²) in [5.41, 5.74) is 1.76. The Morgan fingerprint density at radius 3 is 2.48 bits per heavy atom. The minimum Gasteiger partial charge on any atom is -0.358 e. The summed E-state index contributed by atoms with van der Waals surface area (Å²) in [6.45, 7) is 3.09. The second kappa shape index (κ2) is 8.75. The molecule has 0 saturated carbocycles. The molecule has 27 heavy (non-hydrogen) atoms. The van der Waals surface area contributed by atoms with Crippen molar-refractivity contribution in [3.63, 3.8) is 0 Å². The number of nitrogens with one attached hydrogen (secondary N) is 2. The lowest BCUT2D eigenvalue weighted by Gasteiger charge is -2.31. The summed E-state index contributed by atoms with van der Waals surface area (Å²) in [4.78, 5) is 6.48. The van der Waals surface area contributed by atoms with E-state index in [0.29, 0.717) is 29.6 Å². The van der Waals surface area contributed by atoms with Crippen LogP contribution in [0.25, 0.3) is 0 Å². The number of anilines is 1. The van der Waals surface area contributed by atoms with Crippen molar-refractivity contribution in [3.8, 4) is 0 Å². The Bertz CT molecular complexity index is 864. The van der Waals surface area contributed by atoms with Gasteiger partial charge in [-0.05, 0) is 55.2 Å². The van der Waals surface area contributed by atoms with Gasteiger partial charge in [0.1, 0.15) is 0 Å². The van der Waals surface area contributed by atoms with E-state index in [1.165, 1.54) is 4.31 Å². The molecular formula is C18H23N5O2S2. The Kier molecular flexibility index (Phi) is 6.38. The van der Waals surface area contributed by atoms with Gasteiger partial charge in [-0.15, -0.1) is 0 Å². The highest BCUT2D eigenvalue weighted by Gasteiger charge is 2.27. The largest absolute Gasteiger partial charge is 0.358 e. The number of pyridine rings is 1. The lowest BCUT2D eigenvalue weighted by atomic mass is 10.3. The van der Waals surface area contributed by atoms with Gasteiger partial charge in [-0.2, -0.15) is 4.31 Å². The third-order valence-electron chi connectivity index (χ3n) is 4.39. The molecule has 1 aliphatic heterocycles. The number of hydrogen-bond acceptors (Lipinski definition) is 5. The number of nitrogens with zero attached hydrogens (tertiary/aromatic N) is 3. The molecule has 144 valence electrons. The van der Waals surface area contributed by atoms with Gasteiger partial charge in [0.05, 0.1) is 4.90 Å². The van der Waals surface area contributed by atoms with Crippen molar-refractivity contribution >= 4 is 33.0 Å². The monoisotopic (exact) mass is 405 g/mol. The number of benzene rings is 1. The zero-order chi connectivity index (χ0) is 19.3. The van der Waals surface area contributed by atoms with Crippen LogP contribution in [0.5, 0.6) is 0 Å². The first-order chi connectivity index (χ1) is 12.9. The van der Waals surface area contributed by atoms with Crippen molar-refractivity contribution in [2.75, 3.05) is 38.5 Å². The van der Waals surface area contributed by atoms with Crippen LogP contribution in [0.2, 0.25) is 0 Å². The minimum atomic E-state index is -3.45. The van der Waals surface area contributed by atoms with E-state index < -0.39 is 10.0 Å². The van der Waals surface area contributed by atoms with Gasteiger partial charge in [-0.3, -0.25) is 4.98 Å². The fraction of sp³-hybridized carbons (Fsp3) is 0.333. The molecule has 0 bridgehead atoms. The van der Waals surface area contributed by atoms with E-state index in [0.717, 1.165) is 24.3 Å². The van der Waals surface area contributed by atoms with Crippen LogP contribution in [0.15, 0.2) is 53.7 Å². The molecular weight excluding hydrogens is 382 g/mol. The molecule has 3 rings (SSSR count). The predicted molar refractivity (Wildman–Crippen MR) is 110 cm³/mol. The van der Waals surface area contributed by atoms with Gasteiger partial charge >= 0.3 is 0 Å². The summed E-state index contributed by atoms with van der Waals surface area (Å²) in [6, 6.07) is 10.5. The first kappa shape index (κ1) is 19.7. The van der Waals surface area contributed by atoms with E-state index in [-0.39, 0.29) is 0 Å². The molecule has 0 radical (unpaired) electrons. The zero-order valence-electron chi connectivity index (χ0n) is 15.1. The van der Waals surface area contributed by atoms with Crippen molar-refractivity contribution in [1.29, 1.82) is 0 Å². The van der Waals surface area contributed by atoms with Crippen LogP contribution in [-0.4, -0.2) is 60.9 Å². The SMILES string of the molecule is CN1CCN(S(=O)(=O)c2ccc(NC(=S)NCc3cccnc3)cc2)CC1. The molecule has 1 aliphatic rings. The molecule has 9 heteroatoms. The van der Waals surface area contributed by atoms with Crippen molar-refractivity contribution < 1.29 is 8.42 Å². The molecule has 2 aromatic rings. The molecule has 0 aliphatic carbocycles. The minimum absolute atomic E-state index is 0.298. The molecule has 0 spiro atoms. The van der Waals surface area contributed by atoms with Crippen molar-refractivity contribution in [3.05, 3.63) is 54.4 Å². The summed E-state index contributed by atoms with van der Waals surface area (Å²) in [5, 5.41) is 6.62. The van der Waals surface area contributed by atoms with E-state index in [2.05, 4.69) is 20.5 Å². The number of likely N-dealkylation sites (N-methyl/N-ethyl adjacent to an activating group) is 1. The zero-order valence-corrected chi connectivity index (χ0v) is 16.8. The maximum Gasteiger partial charge on any atom is 0.243 e. The van der Waals surface area contributed by atoms with E-state index >= 15 is 0 Å². The quantitative estimate of drug-likeness (QED) is 0.730. The van der Waals surface area contributed by atoms with Gasteiger partial charge in [0.2, 0.25) is 10.0 Å². The third kappa shape index (κ3) is 5.23. The molecule has 0 unspecified atom stereocenters. The lowest BCUT2D eigenvalue weighted by Crippen LogP contribution is -2.46. The summed E-state index contributed by atoms with van der Waals surface area (Å²) in [5.74, 6) is 0. The Morgan fingerprint density at radius 2 is 1.85 bits per heavy atom. The first-order valence-electron chi connectivity index (χ1n) is 8.68. The van der Waals surface area contributed by atoms with Gasteiger partial charge in [-0.1, -0.05) is 6.07 Å². The van der Waals surface area contributed by atoms with Crippen molar-refractivity contribution in [2.45, 2.75) is 11.4 Å². The van der Waals surface area contributed by atoms with Gasteiger partial charge in [-0.25, -0.2) is 8.42 Å². The Morgan fingerprint density at radius 1 is 1.15 bits per heavy atom. The molecule has 2 N–H and O–H groups in total. The molecule has 7 nitrogen and oxygen atoms in total. The molecule has 0 amide bonds. The van der Waals surface area contributed by atoms with E-state index in [1.54, 1.807) is 36.7 Å². The average molecular weight is 406 g/mol. The second-order valence-electron chi connectivity index (χ2n) is 6.40. The predicted octanol–water partition coefficient (Wildman–Crippen LogP) is 1.50. The Balaban J connectivity index is 1.57. The van der Waals surface area contributed by atoms with Crippen LogP contribution in [0.1, 0.15) is 5.56 Å². The van der Waals surface area contributed by atoms with Crippen LogP contribution < -0.4 is 10.6 Å². The van der Waals surface area contributed by atoms with Gasteiger partial charge < -0.3 is 15.5 Å². The molecule has 1 aromatic carbocycles. The smallest absolute Gasteiger partial charge is 0.243 e. The summed E-state index contributed by atoms with van der Waals surface area (Å²) in [7, 11) is -1.46. The molecule has 2 heterocycles. The van der Waals surface area contributed by atoms with Crippen LogP contribution >= 0.6 is 12.2 Å². The highest BCUT2D eigenvalue weighted by atomic mass is 32.2. The number of thiocarbonyl (C=S) groups is 1. The van der Waals surface area contributed by atoms with Crippen molar-refractivity contribution in [2.24, 2.45) is 0 Å². The van der Waals surface area contributed by atoms with Crippen LogP contribution in [0.4, 0.5) is 5.69 Å². The van der Waals surface area contributed by atoms with E-state index in [4.69, 9.17) is 12.2 Å². The summed E-state index contributed by atoms with van der Waals surface area (Å²) in [6.07, 6.45) is 3.49. The highest BCUT2D eigenvalue weighted by Crippen LogP contribution is 2.19. The molecule has 1 aromatic heterocycles. The summed E-state index contributed by atoms with van der Waals surface area (Å²) >= 11 is 5.28. The molecule has 1 saturated heterocycles. The van der Waals surface area contributed by atoms with Crippen LogP contribution in [0, 0.1) is 0 Å². The molecule has 0 atom stereocenters. The number of rotatable bonds is 5. The number of sulfonamides is 1. The third-order valence-corrected chi connectivity index (χ3v) is 6.55. The number of hydrogen-bond donors (Lipinski definition) is 2. The second-order valence-corrected chi connectivity index (χ2v) is 8.75. The Hall–Kier alpha value is -2.07. The van der Waals surface area contributed by atoms with Gasteiger partial charge in [0.25, 0.3) is 0 Å². The van der Waals surface area contributed by atoms with E-state index in [9.17, 15) is 8.42 Å². The highest BCUT2D eigenvalue weighted by molar-refractivity contribution is 7.89. The average Bonchev–Trinajstić information content (AvgIpc) is 2.68. The fourth-order valence-electron chi connectivity index (χ4n) is 2.75. The van der Waals surface area contributed by atoms with Gasteiger partial charge in [0, 0.05) is 50.8 Å². The van der Waals surface area contributed by atoms with E-state index in [1.807, 2.05) is 19.2 Å². The lowest BCUT2D eigenvalue weighted by molar-refractivity contribution is 0.222. The first-order valence-corrected chi connectivity index (χ1v) is 10.5. The Labute approximate surface area is 165 Å².